The highest BCUT2D eigenvalue weighted by Crippen LogP contribution is 2.36. The topological polar surface area (TPSA) is 49.6 Å². The third kappa shape index (κ3) is 2.56. The monoisotopic (exact) mass is 303 g/mol. The second-order valence-electron chi connectivity index (χ2n) is 3.67. The summed E-state index contributed by atoms with van der Waals surface area (Å²) in [5.41, 5.74) is 1.43. The van der Waals surface area contributed by atoms with E-state index in [1.165, 1.54) is 18.0 Å². The van der Waals surface area contributed by atoms with Crippen molar-refractivity contribution in [3.63, 3.8) is 0 Å². The fraction of sp³-hybridized carbons (Fsp3) is 0. The standard InChI is InChI=1S/C13H6ClN3S2/c14-9-5-8(6-15)7-16-12(9)19-13-17-10-3-1-2-4-11(10)18-13/h1-5,7H. The average Bonchev–Trinajstić information content (AvgIpc) is 2.83. The minimum absolute atomic E-state index is 0.457. The highest BCUT2D eigenvalue weighted by atomic mass is 35.5. The van der Waals surface area contributed by atoms with Gasteiger partial charge in [0.1, 0.15) is 11.1 Å². The zero-order chi connectivity index (χ0) is 13.2. The number of benzene rings is 1. The largest absolute Gasteiger partial charge is 0.247 e. The van der Waals surface area contributed by atoms with Crippen molar-refractivity contribution in [2.75, 3.05) is 0 Å². The van der Waals surface area contributed by atoms with Gasteiger partial charge in [-0.25, -0.2) is 9.97 Å². The van der Waals surface area contributed by atoms with E-state index in [2.05, 4.69) is 9.97 Å². The van der Waals surface area contributed by atoms with E-state index in [0.29, 0.717) is 15.6 Å². The number of rotatable bonds is 2. The van der Waals surface area contributed by atoms with Crippen LogP contribution in [0.15, 0.2) is 45.9 Å². The zero-order valence-electron chi connectivity index (χ0n) is 9.50. The Morgan fingerprint density at radius 1 is 1.32 bits per heavy atom. The van der Waals surface area contributed by atoms with Crippen LogP contribution < -0.4 is 0 Å². The van der Waals surface area contributed by atoms with Gasteiger partial charge in [0.15, 0.2) is 4.34 Å². The van der Waals surface area contributed by atoms with E-state index in [1.807, 2.05) is 30.3 Å². The SMILES string of the molecule is N#Cc1cnc(Sc2nc3ccccc3s2)c(Cl)c1. The van der Waals surface area contributed by atoms with E-state index in [0.717, 1.165) is 14.6 Å². The number of nitrogens with zero attached hydrogens (tertiary/aromatic N) is 3. The van der Waals surface area contributed by atoms with Gasteiger partial charge in [0.25, 0.3) is 0 Å². The third-order valence-electron chi connectivity index (χ3n) is 2.39. The van der Waals surface area contributed by atoms with Gasteiger partial charge >= 0.3 is 0 Å². The molecule has 3 nitrogen and oxygen atoms in total. The fourth-order valence-electron chi connectivity index (χ4n) is 1.54. The van der Waals surface area contributed by atoms with Crippen molar-refractivity contribution in [3.8, 4) is 6.07 Å². The molecule has 0 radical (unpaired) electrons. The van der Waals surface area contributed by atoms with Crippen LogP contribution >= 0.6 is 34.7 Å². The summed E-state index contributed by atoms with van der Waals surface area (Å²) in [5.74, 6) is 0. The maximum Gasteiger partial charge on any atom is 0.157 e. The molecule has 0 fully saturated rings. The number of hydrogen-bond acceptors (Lipinski definition) is 5. The third-order valence-corrected chi connectivity index (χ3v) is 4.91. The van der Waals surface area contributed by atoms with Crippen LogP contribution in [0.3, 0.4) is 0 Å². The van der Waals surface area contributed by atoms with Crippen molar-refractivity contribution in [1.82, 2.24) is 9.97 Å². The van der Waals surface area contributed by atoms with Crippen LogP contribution in [0, 0.1) is 11.3 Å². The lowest BCUT2D eigenvalue weighted by atomic mass is 10.3. The van der Waals surface area contributed by atoms with Crippen LogP contribution in [-0.4, -0.2) is 9.97 Å². The van der Waals surface area contributed by atoms with Crippen molar-refractivity contribution in [2.45, 2.75) is 9.37 Å². The molecule has 0 saturated heterocycles. The van der Waals surface area contributed by atoms with Crippen LogP contribution in [0.1, 0.15) is 5.56 Å². The molecule has 0 spiro atoms. The first-order valence-corrected chi connectivity index (χ1v) is 7.36. The summed E-state index contributed by atoms with van der Waals surface area (Å²) in [5, 5.41) is 9.91. The Labute approximate surface area is 122 Å². The molecular weight excluding hydrogens is 298 g/mol. The number of thiazole rings is 1. The first-order chi connectivity index (χ1) is 9.26. The van der Waals surface area contributed by atoms with Crippen LogP contribution in [-0.2, 0) is 0 Å². The first-order valence-electron chi connectivity index (χ1n) is 5.35. The highest BCUT2D eigenvalue weighted by Gasteiger charge is 2.09. The van der Waals surface area contributed by atoms with E-state index < -0.39 is 0 Å². The molecule has 0 unspecified atom stereocenters. The molecule has 0 aliphatic rings. The van der Waals surface area contributed by atoms with Gasteiger partial charge in [0, 0.05) is 6.20 Å². The van der Waals surface area contributed by atoms with Crippen LogP contribution in [0.5, 0.6) is 0 Å². The van der Waals surface area contributed by atoms with Crippen molar-refractivity contribution >= 4 is 44.9 Å². The van der Waals surface area contributed by atoms with Gasteiger partial charge in [-0.15, -0.1) is 11.3 Å². The Morgan fingerprint density at radius 3 is 2.89 bits per heavy atom. The Balaban J connectivity index is 1.94. The normalized spacial score (nSPS) is 10.5. The summed E-state index contributed by atoms with van der Waals surface area (Å²) in [6, 6.07) is 11.6. The van der Waals surface area contributed by atoms with E-state index in [4.69, 9.17) is 16.9 Å². The molecule has 0 aliphatic carbocycles. The van der Waals surface area contributed by atoms with Crippen LogP contribution in [0.2, 0.25) is 5.02 Å². The minimum Gasteiger partial charge on any atom is -0.247 e. The molecule has 0 N–H and O–H groups in total. The molecule has 19 heavy (non-hydrogen) atoms. The van der Waals surface area contributed by atoms with E-state index in [9.17, 15) is 0 Å². The van der Waals surface area contributed by atoms with E-state index >= 15 is 0 Å². The second kappa shape index (κ2) is 5.17. The quantitative estimate of drug-likeness (QED) is 0.705. The number of pyridine rings is 1. The molecule has 3 aromatic rings. The number of nitriles is 1. The molecular formula is C13H6ClN3S2. The lowest BCUT2D eigenvalue weighted by Gasteiger charge is -1.99. The smallest absolute Gasteiger partial charge is 0.157 e. The number of para-hydroxylation sites is 1. The highest BCUT2D eigenvalue weighted by molar-refractivity contribution is 8.01. The molecule has 0 amide bonds. The maximum atomic E-state index is 8.77. The number of aromatic nitrogens is 2. The summed E-state index contributed by atoms with van der Waals surface area (Å²) in [4.78, 5) is 8.70. The fourth-order valence-corrected chi connectivity index (χ4v) is 3.76. The summed E-state index contributed by atoms with van der Waals surface area (Å²) < 4.78 is 2.02. The number of halogens is 1. The summed E-state index contributed by atoms with van der Waals surface area (Å²) >= 11 is 9.11. The van der Waals surface area contributed by atoms with Gasteiger partial charge in [-0.2, -0.15) is 5.26 Å². The van der Waals surface area contributed by atoms with Gasteiger partial charge in [0.05, 0.1) is 20.8 Å². The molecule has 6 heteroatoms. The van der Waals surface area contributed by atoms with Gasteiger partial charge in [0.2, 0.25) is 0 Å². The summed E-state index contributed by atoms with van der Waals surface area (Å²) in [6.45, 7) is 0. The molecule has 3 rings (SSSR count). The van der Waals surface area contributed by atoms with Crippen molar-refractivity contribution in [3.05, 3.63) is 47.1 Å². The Hall–Kier alpha value is -1.61. The van der Waals surface area contributed by atoms with Crippen molar-refractivity contribution < 1.29 is 0 Å². The molecule has 1 aromatic carbocycles. The Kier molecular flexibility index (Phi) is 3.38. The first kappa shape index (κ1) is 12.4. The molecule has 92 valence electrons. The zero-order valence-corrected chi connectivity index (χ0v) is 11.9. The average molecular weight is 304 g/mol. The summed E-state index contributed by atoms with van der Waals surface area (Å²) in [7, 11) is 0. The predicted molar refractivity (Wildman–Crippen MR) is 77.7 cm³/mol. The molecule has 0 atom stereocenters. The van der Waals surface area contributed by atoms with Crippen molar-refractivity contribution in [1.29, 1.82) is 5.26 Å². The Bertz CT molecular complexity index is 759. The van der Waals surface area contributed by atoms with E-state index in [1.54, 1.807) is 17.4 Å². The molecule has 0 aliphatic heterocycles. The van der Waals surface area contributed by atoms with Gasteiger partial charge in [-0.3, -0.25) is 0 Å². The lowest BCUT2D eigenvalue weighted by molar-refractivity contribution is 1.12. The van der Waals surface area contributed by atoms with Crippen LogP contribution in [0.4, 0.5) is 0 Å². The molecule has 0 bridgehead atoms. The molecule has 2 heterocycles. The van der Waals surface area contributed by atoms with Gasteiger partial charge in [-0.05, 0) is 30.0 Å². The number of hydrogen-bond donors (Lipinski definition) is 0. The number of fused-ring (bicyclic) bond motifs is 1. The van der Waals surface area contributed by atoms with Crippen molar-refractivity contribution in [2.24, 2.45) is 0 Å². The van der Waals surface area contributed by atoms with Gasteiger partial charge in [-0.1, -0.05) is 23.7 Å². The Morgan fingerprint density at radius 2 is 2.16 bits per heavy atom. The second-order valence-corrected chi connectivity index (χ2v) is 6.35. The predicted octanol–water partition coefficient (Wildman–Crippen LogP) is 4.37. The van der Waals surface area contributed by atoms with Crippen LogP contribution in [0.25, 0.3) is 10.2 Å². The maximum absolute atomic E-state index is 8.77. The lowest BCUT2D eigenvalue weighted by Crippen LogP contribution is -1.84. The summed E-state index contributed by atoms with van der Waals surface area (Å²) in [6.07, 6.45) is 1.52. The molecule has 2 aromatic heterocycles. The van der Waals surface area contributed by atoms with E-state index in [-0.39, 0.29) is 0 Å². The minimum atomic E-state index is 0.457. The molecule has 0 saturated carbocycles. The van der Waals surface area contributed by atoms with Gasteiger partial charge < -0.3 is 0 Å².